The second kappa shape index (κ2) is 6.90. The van der Waals surface area contributed by atoms with Gasteiger partial charge in [-0.05, 0) is 18.9 Å². The lowest BCUT2D eigenvalue weighted by molar-refractivity contribution is 0.0717. The Balaban J connectivity index is 2.11. The first-order chi connectivity index (χ1) is 9.63. The van der Waals surface area contributed by atoms with E-state index in [1.807, 2.05) is 11.9 Å². The van der Waals surface area contributed by atoms with Crippen LogP contribution in [0.3, 0.4) is 0 Å². The van der Waals surface area contributed by atoms with Gasteiger partial charge in [0, 0.05) is 19.3 Å². The molecular weight excluding hydrogens is 276 g/mol. The first-order valence-corrected chi connectivity index (χ1v) is 7.40. The zero-order chi connectivity index (χ0) is 14.5. The summed E-state index contributed by atoms with van der Waals surface area (Å²) in [5, 5.41) is 0.354. The lowest BCUT2D eigenvalue weighted by Crippen LogP contribution is -2.36. The van der Waals surface area contributed by atoms with Gasteiger partial charge in [0.25, 0.3) is 5.91 Å². The van der Waals surface area contributed by atoms with Crippen LogP contribution in [0.15, 0.2) is 12.3 Å². The predicted molar refractivity (Wildman–Crippen MR) is 80.6 cm³/mol. The summed E-state index contributed by atoms with van der Waals surface area (Å²) in [5.74, 6) is 5.62. The van der Waals surface area contributed by atoms with Crippen molar-refractivity contribution in [3.05, 3.63) is 22.8 Å². The SMILES string of the molecule is CN(C(=O)c1cnc(NN)c(Cl)c1)C1CCCCCC1. The maximum absolute atomic E-state index is 12.5. The van der Waals surface area contributed by atoms with Crippen LogP contribution >= 0.6 is 11.6 Å². The maximum atomic E-state index is 12.5. The number of nitrogens with one attached hydrogen (secondary N) is 1. The molecule has 3 N–H and O–H groups in total. The molecule has 2 rings (SSSR count). The molecule has 0 aliphatic heterocycles. The average molecular weight is 297 g/mol. The first-order valence-electron chi connectivity index (χ1n) is 7.03. The van der Waals surface area contributed by atoms with Crippen LogP contribution in [0.4, 0.5) is 5.82 Å². The third kappa shape index (κ3) is 3.41. The van der Waals surface area contributed by atoms with E-state index in [-0.39, 0.29) is 5.91 Å². The van der Waals surface area contributed by atoms with Crippen LogP contribution < -0.4 is 11.3 Å². The summed E-state index contributed by atoms with van der Waals surface area (Å²) in [7, 11) is 1.86. The van der Waals surface area contributed by atoms with E-state index in [4.69, 9.17) is 17.4 Å². The molecule has 1 aromatic rings. The molecule has 1 saturated carbocycles. The Morgan fingerprint density at radius 2 is 2.05 bits per heavy atom. The van der Waals surface area contributed by atoms with E-state index in [9.17, 15) is 4.79 Å². The maximum Gasteiger partial charge on any atom is 0.255 e. The number of hydrogen-bond donors (Lipinski definition) is 2. The fourth-order valence-corrected chi connectivity index (χ4v) is 2.90. The van der Waals surface area contributed by atoms with Gasteiger partial charge < -0.3 is 10.3 Å². The first kappa shape index (κ1) is 15.1. The Morgan fingerprint density at radius 1 is 1.40 bits per heavy atom. The third-order valence-electron chi connectivity index (χ3n) is 3.92. The lowest BCUT2D eigenvalue weighted by atomic mass is 10.1. The molecule has 0 radical (unpaired) electrons. The highest BCUT2D eigenvalue weighted by Gasteiger charge is 2.22. The highest BCUT2D eigenvalue weighted by molar-refractivity contribution is 6.33. The summed E-state index contributed by atoms with van der Waals surface area (Å²) in [5.41, 5.74) is 2.89. The number of nitrogen functional groups attached to an aromatic ring is 1. The number of carbonyl (C=O) groups is 1. The number of hydrogen-bond acceptors (Lipinski definition) is 4. The fourth-order valence-electron chi connectivity index (χ4n) is 2.68. The van der Waals surface area contributed by atoms with Crippen LogP contribution in [0, 0.1) is 0 Å². The summed E-state index contributed by atoms with van der Waals surface area (Å²) in [6.07, 6.45) is 8.58. The van der Waals surface area contributed by atoms with E-state index < -0.39 is 0 Å². The van der Waals surface area contributed by atoms with Crippen molar-refractivity contribution < 1.29 is 4.79 Å². The minimum absolute atomic E-state index is 0.0325. The summed E-state index contributed by atoms with van der Waals surface area (Å²) < 4.78 is 0. The highest BCUT2D eigenvalue weighted by atomic mass is 35.5. The number of nitrogens with two attached hydrogens (primary N) is 1. The van der Waals surface area contributed by atoms with Crippen LogP contribution in [0.2, 0.25) is 5.02 Å². The Morgan fingerprint density at radius 3 is 2.60 bits per heavy atom. The largest absolute Gasteiger partial charge is 0.339 e. The fraction of sp³-hybridized carbons (Fsp3) is 0.571. The Labute approximate surface area is 124 Å². The van der Waals surface area contributed by atoms with Crippen LogP contribution in [0.1, 0.15) is 48.9 Å². The van der Waals surface area contributed by atoms with Crippen molar-refractivity contribution in [3.8, 4) is 0 Å². The van der Waals surface area contributed by atoms with Crippen LogP contribution in [-0.4, -0.2) is 28.9 Å². The molecule has 110 valence electrons. The van der Waals surface area contributed by atoms with Crippen molar-refractivity contribution in [2.75, 3.05) is 12.5 Å². The molecule has 1 heterocycles. The van der Waals surface area contributed by atoms with Crippen molar-refractivity contribution >= 4 is 23.3 Å². The number of nitrogens with zero attached hydrogens (tertiary/aromatic N) is 2. The number of carbonyl (C=O) groups excluding carboxylic acids is 1. The van der Waals surface area contributed by atoms with Gasteiger partial charge in [-0.15, -0.1) is 0 Å². The number of hydrazine groups is 1. The van der Waals surface area contributed by atoms with Gasteiger partial charge in [-0.3, -0.25) is 4.79 Å². The Hall–Kier alpha value is -1.33. The lowest BCUT2D eigenvalue weighted by Gasteiger charge is -2.27. The van der Waals surface area contributed by atoms with E-state index in [0.717, 1.165) is 12.8 Å². The van der Waals surface area contributed by atoms with Crippen molar-refractivity contribution in [2.45, 2.75) is 44.6 Å². The smallest absolute Gasteiger partial charge is 0.255 e. The highest BCUT2D eigenvalue weighted by Crippen LogP contribution is 2.24. The normalized spacial score (nSPS) is 16.6. The minimum atomic E-state index is -0.0325. The van der Waals surface area contributed by atoms with Gasteiger partial charge in [-0.1, -0.05) is 37.3 Å². The van der Waals surface area contributed by atoms with Gasteiger partial charge in [0.05, 0.1) is 10.6 Å². The molecule has 1 aromatic heterocycles. The van der Waals surface area contributed by atoms with Gasteiger partial charge in [0.1, 0.15) is 0 Å². The number of amides is 1. The van der Waals surface area contributed by atoms with Gasteiger partial charge in [-0.25, -0.2) is 10.8 Å². The van der Waals surface area contributed by atoms with E-state index in [1.54, 1.807) is 6.07 Å². The molecule has 0 atom stereocenters. The third-order valence-corrected chi connectivity index (χ3v) is 4.21. The molecule has 0 spiro atoms. The topological polar surface area (TPSA) is 71.2 Å². The number of pyridine rings is 1. The number of anilines is 1. The number of rotatable bonds is 3. The summed E-state index contributed by atoms with van der Waals surface area (Å²) >= 11 is 6.01. The molecule has 0 saturated heterocycles. The Kier molecular flexibility index (Phi) is 5.20. The number of halogens is 1. The molecule has 1 aliphatic rings. The van der Waals surface area contributed by atoms with Crippen molar-refractivity contribution in [1.82, 2.24) is 9.88 Å². The molecule has 1 aliphatic carbocycles. The quantitative estimate of drug-likeness (QED) is 0.511. The van der Waals surface area contributed by atoms with E-state index in [0.29, 0.717) is 22.4 Å². The second-order valence-corrected chi connectivity index (χ2v) is 5.67. The molecule has 0 bridgehead atoms. The van der Waals surface area contributed by atoms with E-state index in [2.05, 4.69) is 10.4 Å². The zero-order valence-electron chi connectivity index (χ0n) is 11.7. The van der Waals surface area contributed by atoms with Gasteiger partial charge in [0.15, 0.2) is 5.82 Å². The van der Waals surface area contributed by atoms with Gasteiger partial charge >= 0.3 is 0 Å². The van der Waals surface area contributed by atoms with Gasteiger partial charge in [-0.2, -0.15) is 0 Å². The van der Waals surface area contributed by atoms with Crippen LogP contribution in [0.5, 0.6) is 0 Å². The van der Waals surface area contributed by atoms with E-state index in [1.165, 1.54) is 31.9 Å². The Bertz CT molecular complexity index is 472. The molecule has 6 heteroatoms. The standard InChI is InChI=1S/C14H21ClN4O/c1-19(11-6-4-2-3-5-7-11)14(20)10-8-12(15)13(18-16)17-9-10/h8-9,11H,2-7,16H2,1H3,(H,17,18). The molecule has 20 heavy (non-hydrogen) atoms. The summed E-state index contributed by atoms with van der Waals surface area (Å²) in [4.78, 5) is 18.4. The molecule has 5 nitrogen and oxygen atoms in total. The summed E-state index contributed by atoms with van der Waals surface area (Å²) in [6.45, 7) is 0. The molecule has 1 fully saturated rings. The number of aromatic nitrogens is 1. The average Bonchev–Trinajstić information content (AvgIpc) is 2.74. The summed E-state index contributed by atoms with van der Waals surface area (Å²) in [6, 6.07) is 1.93. The van der Waals surface area contributed by atoms with Crippen LogP contribution in [0.25, 0.3) is 0 Å². The minimum Gasteiger partial charge on any atom is -0.339 e. The van der Waals surface area contributed by atoms with Crippen molar-refractivity contribution in [3.63, 3.8) is 0 Å². The molecular formula is C14H21ClN4O. The molecule has 0 unspecified atom stereocenters. The van der Waals surface area contributed by atoms with E-state index >= 15 is 0 Å². The van der Waals surface area contributed by atoms with Crippen molar-refractivity contribution in [2.24, 2.45) is 5.84 Å². The monoisotopic (exact) mass is 296 g/mol. The zero-order valence-corrected chi connectivity index (χ0v) is 12.5. The van der Waals surface area contributed by atoms with Gasteiger partial charge in [0.2, 0.25) is 0 Å². The second-order valence-electron chi connectivity index (χ2n) is 5.26. The predicted octanol–water partition coefficient (Wildman–Crippen LogP) is 2.82. The molecule has 0 aromatic carbocycles. The molecule has 1 amide bonds. The van der Waals surface area contributed by atoms with Crippen molar-refractivity contribution in [1.29, 1.82) is 0 Å². The van der Waals surface area contributed by atoms with Crippen LogP contribution in [-0.2, 0) is 0 Å².